The Hall–Kier alpha value is -7.14. The number of piperazine rings is 1. The Labute approximate surface area is 481 Å². The summed E-state index contributed by atoms with van der Waals surface area (Å²) in [5.74, 6) is 6.68. The lowest BCUT2D eigenvalue weighted by Gasteiger charge is -2.35. The van der Waals surface area contributed by atoms with Crippen molar-refractivity contribution in [2.75, 3.05) is 52.0 Å². The number of aliphatic hydroxyl groups is 1. The maximum Gasteiger partial charge on any atom is 0.319 e. The Morgan fingerprint density at radius 3 is 2.52 bits per heavy atom. The van der Waals surface area contributed by atoms with E-state index in [1.54, 1.807) is 36.5 Å². The molecule has 5 atom stereocenters. The summed E-state index contributed by atoms with van der Waals surface area (Å²) in [4.78, 5) is 46.4. The van der Waals surface area contributed by atoms with Crippen LogP contribution in [0.1, 0.15) is 88.2 Å². The molecule has 7 aromatic rings. The summed E-state index contributed by atoms with van der Waals surface area (Å²) >= 11 is 9.15. The first-order valence-electron chi connectivity index (χ1n) is 27.5. The molecule has 0 radical (unpaired) electrons. The lowest BCUT2D eigenvalue weighted by molar-refractivity contribution is -0.139. The average Bonchev–Trinajstić information content (AvgIpc) is 4.38. The molecule has 4 aromatic carbocycles. The number of hydrazine groups is 1. The summed E-state index contributed by atoms with van der Waals surface area (Å²) in [6.07, 6.45) is 6.16. The predicted octanol–water partition coefficient (Wildman–Crippen LogP) is 8.80. The highest BCUT2D eigenvalue weighted by molar-refractivity contribution is 7.13. The Morgan fingerprint density at radius 1 is 1.09 bits per heavy atom. The van der Waals surface area contributed by atoms with Crippen molar-refractivity contribution in [1.29, 1.82) is 0 Å². The van der Waals surface area contributed by atoms with Crippen molar-refractivity contribution in [1.82, 2.24) is 45.7 Å². The number of ether oxygens (including phenoxy) is 4. The molecule has 81 heavy (non-hydrogen) atoms. The molecule has 4 aliphatic heterocycles. The molecule has 19 nitrogen and oxygen atoms in total. The first-order chi connectivity index (χ1) is 39.3. The number of nitrogens with zero attached hydrogens (tertiary/aromatic N) is 7. The first-order valence-corrected chi connectivity index (χ1v) is 28.7. The van der Waals surface area contributed by atoms with Crippen LogP contribution < -0.4 is 41.3 Å². The van der Waals surface area contributed by atoms with Gasteiger partial charge in [0.2, 0.25) is 11.8 Å². The second-order valence-electron chi connectivity index (χ2n) is 20.0. The number of benzene rings is 4. The third kappa shape index (κ3) is 12.7. The molecule has 5 unspecified atom stereocenters. The quantitative estimate of drug-likeness (QED) is 0.0391. The smallest absolute Gasteiger partial charge is 0.319 e. The lowest BCUT2D eigenvalue weighted by atomic mass is 9.93. The number of H-pyrrole nitrogens is 1. The number of fused-ring (bicyclic) bond motifs is 7. The van der Waals surface area contributed by atoms with E-state index in [4.69, 9.17) is 57.2 Å². The zero-order valence-corrected chi connectivity index (χ0v) is 49.0. The van der Waals surface area contributed by atoms with E-state index in [-0.39, 0.29) is 59.9 Å². The molecule has 0 saturated carbocycles. The molecule has 2 amide bonds. The summed E-state index contributed by atoms with van der Waals surface area (Å²) in [5, 5.41) is 23.4. The summed E-state index contributed by atoms with van der Waals surface area (Å²) in [6, 6.07) is 16.6. The van der Waals surface area contributed by atoms with Gasteiger partial charge in [0.25, 0.3) is 0 Å². The molecule has 11 rings (SSSR count). The van der Waals surface area contributed by atoms with Crippen LogP contribution in [-0.2, 0) is 27.5 Å². The number of anilines is 1. The number of aromatic amines is 1. The number of nitrogens with two attached hydrogens (primary N) is 2. The van der Waals surface area contributed by atoms with Gasteiger partial charge in [-0.15, -0.1) is 11.3 Å². The zero-order valence-electron chi connectivity index (χ0n) is 47.4. The van der Waals surface area contributed by atoms with Crippen LogP contribution in [0.5, 0.6) is 17.5 Å². The van der Waals surface area contributed by atoms with E-state index in [1.807, 2.05) is 81.7 Å². The van der Waals surface area contributed by atoms with Gasteiger partial charge in [-0.1, -0.05) is 94.2 Å². The fourth-order valence-electron chi connectivity index (χ4n) is 10.8. The predicted molar refractivity (Wildman–Crippen MR) is 316 cm³/mol. The number of carbonyl (C=O) groups is 2. The van der Waals surface area contributed by atoms with Crippen LogP contribution in [0.4, 0.5) is 10.2 Å². The van der Waals surface area contributed by atoms with Crippen LogP contribution in [0.2, 0.25) is 5.02 Å². The Morgan fingerprint density at radius 2 is 1.81 bits per heavy atom. The summed E-state index contributed by atoms with van der Waals surface area (Å²) in [5.41, 5.74) is 15.2. The number of methoxy groups -OCH3 is 1. The third-order valence-electron chi connectivity index (χ3n) is 14.5. The van der Waals surface area contributed by atoms with Gasteiger partial charge in [0, 0.05) is 68.7 Å². The fraction of sp³-hybridized carbons (Fsp3) is 0.424. The van der Waals surface area contributed by atoms with Gasteiger partial charge in [-0.3, -0.25) is 14.7 Å². The monoisotopic (exact) mass is 1150 g/mol. The third-order valence-corrected chi connectivity index (χ3v) is 15.8. The number of carbonyl (C=O) groups excluding carboxylic acids is 2. The van der Waals surface area contributed by atoms with Gasteiger partial charge in [-0.25, -0.2) is 15.2 Å². The lowest BCUT2D eigenvalue weighted by Crippen LogP contribution is -2.53. The van der Waals surface area contributed by atoms with Gasteiger partial charge in [-0.2, -0.15) is 15.1 Å². The zero-order chi connectivity index (χ0) is 58.1. The molecular formula is C59H74ClFN12O7S. The minimum absolute atomic E-state index is 0.0313. The molecular weight excluding hydrogens is 1080 g/mol. The van der Waals surface area contributed by atoms with Crippen LogP contribution in [0.15, 0.2) is 72.5 Å². The molecule has 22 heteroatoms. The Bertz CT molecular complexity index is 3340. The molecule has 3 saturated heterocycles. The molecule has 4 aliphatic rings. The molecule has 0 aliphatic carbocycles. The highest BCUT2D eigenvalue weighted by atomic mass is 35.5. The van der Waals surface area contributed by atoms with Crippen molar-refractivity contribution >= 4 is 68.1 Å². The average molecular weight is 1150 g/mol. The van der Waals surface area contributed by atoms with E-state index < -0.39 is 18.0 Å². The van der Waals surface area contributed by atoms with Crippen molar-refractivity contribution < 1.29 is 38.0 Å². The molecule has 432 valence electrons. The number of thiazole rings is 1. The van der Waals surface area contributed by atoms with Gasteiger partial charge < -0.3 is 55.2 Å². The fourth-order valence-corrected chi connectivity index (χ4v) is 12.0. The number of halogens is 2. The minimum atomic E-state index is -0.604. The molecule has 3 aromatic heterocycles. The Balaban J connectivity index is 0.00000118. The summed E-state index contributed by atoms with van der Waals surface area (Å²) in [7, 11) is 2.60. The van der Waals surface area contributed by atoms with Crippen LogP contribution >= 0.6 is 22.9 Å². The number of aliphatic hydroxyl groups excluding tert-OH is 1. The number of hydrogen-bond acceptors (Lipinski definition) is 17. The van der Waals surface area contributed by atoms with Crippen LogP contribution in [0, 0.1) is 19.7 Å². The van der Waals surface area contributed by atoms with Gasteiger partial charge in [0.15, 0.2) is 11.5 Å². The molecule has 7 heterocycles. The van der Waals surface area contributed by atoms with Crippen molar-refractivity contribution in [3.63, 3.8) is 0 Å². The van der Waals surface area contributed by atoms with Gasteiger partial charge in [0.05, 0.1) is 56.5 Å². The van der Waals surface area contributed by atoms with Crippen molar-refractivity contribution in [2.45, 2.75) is 118 Å². The number of aryl methyl sites for hydroxylation is 1. The SMILES string of the molecule is CC.CCC.CO.COCC(C)Oc1nc2c3c(c(Cl)c(-c4c(C)c(F)cc5[nH]ncc45)c(OCc4ccc(/C(N)=C/N(N)CC(=O)N5CCCC5C(=O)NCc5ccc(-c6scnc6C)cc5)cc4)c3n1)OCC1C3CC(CN3)N21. The van der Waals surface area contributed by atoms with Crippen LogP contribution in [0.25, 0.3) is 49.1 Å². The minimum Gasteiger partial charge on any atom is -0.489 e. The molecule has 0 spiro atoms. The van der Waals surface area contributed by atoms with Crippen LogP contribution in [-0.4, -0.2) is 129 Å². The van der Waals surface area contributed by atoms with Gasteiger partial charge in [0.1, 0.15) is 49.1 Å². The van der Waals surface area contributed by atoms with E-state index >= 15 is 4.39 Å². The second-order valence-corrected chi connectivity index (χ2v) is 21.3. The van der Waals surface area contributed by atoms with E-state index in [0.29, 0.717) is 100 Å². The van der Waals surface area contributed by atoms with Gasteiger partial charge >= 0.3 is 6.01 Å². The molecule has 8 N–H and O–H groups in total. The summed E-state index contributed by atoms with van der Waals surface area (Å²) < 4.78 is 41.3. The van der Waals surface area contributed by atoms with E-state index in [9.17, 15) is 9.59 Å². The van der Waals surface area contributed by atoms with E-state index in [0.717, 1.165) is 47.3 Å². The highest BCUT2D eigenvalue weighted by Gasteiger charge is 2.50. The Kier molecular flexibility index (Phi) is 20.1. The summed E-state index contributed by atoms with van der Waals surface area (Å²) in [6.45, 7) is 15.8. The van der Waals surface area contributed by atoms with Gasteiger partial charge in [-0.05, 0) is 73.9 Å². The van der Waals surface area contributed by atoms with Crippen LogP contribution in [0.3, 0.4) is 0 Å². The number of nitrogens with one attached hydrogen (secondary N) is 3. The maximum absolute atomic E-state index is 15.9. The topological polar surface area (TPSA) is 244 Å². The number of likely N-dealkylation sites (tertiary alicyclic amines) is 1. The number of aromatic nitrogens is 5. The van der Waals surface area contributed by atoms with Crippen molar-refractivity contribution in [3.05, 3.63) is 111 Å². The van der Waals surface area contributed by atoms with E-state index in [2.05, 4.69) is 44.6 Å². The first kappa shape index (κ1) is 60.0. The van der Waals surface area contributed by atoms with Crippen molar-refractivity contribution in [3.8, 4) is 39.1 Å². The standard InChI is InChI=1S/C53H56ClFN12O6S.C3H8.C2H6.CH4O/c1-27(23-70-4)73-53-62-47-45-48(72-25-41-39-16-34(19-58-39)67(41)51(45)63-53)46(54)44(43-28(2)36(55)17-38-35(43)20-61-64-38)49(47)71-24-31-9-11-32(12-10-31)37(56)21-65(57)22-42(68)66-15-5-6-40(66)52(69)59-18-30-7-13-33(14-8-30)50-29(3)60-26-74-50;1-3-2;2*1-2/h7-14,17,20-21,26-27,34,39-41,58H,5-6,15-16,18-19,22-25,56-57H2,1-4H3,(H,59,69)(H,61,64);3H2,1-2H3;1-2H3;2H,1H3/b37-21-;;;. The molecule has 2 bridgehead atoms. The maximum atomic E-state index is 15.9. The number of rotatable bonds is 16. The second kappa shape index (κ2) is 27.1. The largest absolute Gasteiger partial charge is 0.489 e. The number of hydrogen-bond donors (Lipinski definition) is 6. The van der Waals surface area contributed by atoms with E-state index in [1.165, 1.54) is 23.7 Å². The number of amides is 2. The highest BCUT2D eigenvalue weighted by Crippen LogP contribution is 2.55. The normalized spacial score (nSPS) is 18.1. The van der Waals surface area contributed by atoms with Crippen molar-refractivity contribution in [2.24, 2.45) is 11.6 Å². The molecule has 3 fully saturated rings.